The number of carbonyl (C=O) groups is 2. The van der Waals surface area contributed by atoms with Gasteiger partial charge in [0.05, 0.1) is 12.0 Å². The van der Waals surface area contributed by atoms with Gasteiger partial charge in [0, 0.05) is 19.1 Å². The lowest BCUT2D eigenvalue weighted by Crippen LogP contribution is -2.36. The van der Waals surface area contributed by atoms with E-state index >= 15 is 0 Å². The predicted octanol–water partition coefficient (Wildman–Crippen LogP) is 3.16. The van der Waals surface area contributed by atoms with Crippen LogP contribution in [0.25, 0.3) is 0 Å². The van der Waals surface area contributed by atoms with Crippen LogP contribution < -0.4 is 5.32 Å². The van der Waals surface area contributed by atoms with E-state index in [2.05, 4.69) is 5.32 Å². The quantitative estimate of drug-likeness (QED) is 0.717. The minimum Gasteiger partial charge on any atom is -0.481 e. The molecule has 3 unspecified atom stereocenters. The molecule has 0 bridgehead atoms. The third kappa shape index (κ3) is 5.64. The third-order valence-electron chi connectivity index (χ3n) is 4.65. The van der Waals surface area contributed by atoms with Crippen molar-refractivity contribution in [3.63, 3.8) is 0 Å². The molecule has 1 saturated carbocycles. The minimum absolute atomic E-state index is 0.0166. The van der Waals surface area contributed by atoms with Crippen molar-refractivity contribution in [2.45, 2.75) is 45.1 Å². The van der Waals surface area contributed by atoms with Crippen molar-refractivity contribution in [3.8, 4) is 0 Å². The standard InChI is InChI=1S/C19H27NO4/c1-14(15-7-3-2-4-8-15)24-12-6-11-20-18(21)16-9-5-10-17(13-16)19(22)23/h2-4,7-8,14,16-17H,5-6,9-13H2,1H3,(H,20,21)(H,22,23). The van der Waals surface area contributed by atoms with Crippen LogP contribution in [-0.2, 0) is 14.3 Å². The predicted molar refractivity (Wildman–Crippen MR) is 91.5 cm³/mol. The van der Waals surface area contributed by atoms with E-state index < -0.39 is 5.97 Å². The lowest BCUT2D eigenvalue weighted by Gasteiger charge is -2.25. The summed E-state index contributed by atoms with van der Waals surface area (Å²) < 4.78 is 5.77. The second-order valence-electron chi connectivity index (χ2n) is 6.47. The van der Waals surface area contributed by atoms with Gasteiger partial charge in [0.15, 0.2) is 0 Å². The summed E-state index contributed by atoms with van der Waals surface area (Å²) in [7, 11) is 0. The normalized spacial score (nSPS) is 21.9. The smallest absolute Gasteiger partial charge is 0.306 e. The number of carbonyl (C=O) groups excluding carboxylic acids is 1. The molecule has 5 heteroatoms. The second-order valence-corrected chi connectivity index (χ2v) is 6.47. The average Bonchev–Trinajstić information content (AvgIpc) is 2.62. The lowest BCUT2D eigenvalue weighted by molar-refractivity contribution is -0.144. The molecule has 132 valence electrons. The summed E-state index contributed by atoms with van der Waals surface area (Å²) in [5.41, 5.74) is 1.14. The minimum atomic E-state index is -0.782. The largest absolute Gasteiger partial charge is 0.481 e. The Bertz CT molecular complexity index is 531. The summed E-state index contributed by atoms with van der Waals surface area (Å²) in [6.45, 7) is 3.16. The van der Waals surface area contributed by atoms with Crippen LogP contribution in [0.1, 0.15) is 50.7 Å². The zero-order chi connectivity index (χ0) is 17.4. The topological polar surface area (TPSA) is 75.6 Å². The molecule has 0 aliphatic heterocycles. The fraction of sp³-hybridized carbons (Fsp3) is 0.579. The molecule has 0 spiro atoms. The Morgan fingerprint density at radius 3 is 2.67 bits per heavy atom. The Labute approximate surface area is 143 Å². The Kier molecular flexibility index (Phi) is 7.25. The van der Waals surface area contributed by atoms with Crippen LogP contribution in [0.15, 0.2) is 30.3 Å². The first-order valence-electron chi connectivity index (χ1n) is 8.75. The number of benzene rings is 1. The first-order chi connectivity index (χ1) is 11.6. The highest BCUT2D eigenvalue weighted by Crippen LogP contribution is 2.29. The van der Waals surface area contributed by atoms with Crippen LogP contribution in [0.5, 0.6) is 0 Å². The summed E-state index contributed by atoms with van der Waals surface area (Å²) in [6, 6.07) is 10.0. The lowest BCUT2D eigenvalue weighted by atomic mass is 9.81. The van der Waals surface area contributed by atoms with Crippen molar-refractivity contribution in [1.82, 2.24) is 5.32 Å². The Morgan fingerprint density at radius 2 is 1.96 bits per heavy atom. The van der Waals surface area contributed by atoms with Crippen LogP contribution in [-0.4, -0.2) is 30.1 Å². The van der Waals surface area contributed by atoms with Crippen molar-refractivity contribution >= 4 is 11.9 Å². The Hall–Kier alpha value is -1.88. The summed E-state index contributed by atoms with van der Waals surface area (Å²) in [4.78, 5) is 23.2. The molecule has 1 fully saturated rings. The third-order valence-corrected chi connectivity index (χ3v) is 4.65. The van der Waals surface area contributed by atoms with Gasteiger partial charge in [-0.05, 0) is 38.2 Å². The molecule has 1 aromatic rings. The molecule has 0 aromatic heterocycles. The molecule has 2 N–H and O–H groups in total. The second kappa shape index (κ2) is 9.42. The molecule has 0 saturated heterocycles. The van der Waals surface area contributed by atoms with Crippen molar-refractivity contribution in [2.24, 2.45) is 11.8 Å². The van der Waals surface area contributed by atoms with Gasteiger partial charge in [-0.3, -0.25) is 9.59 Å². The molecular formula is C19H27NO4. The highest BCUT2D eigenvalue weighted by Gasteiger charge is 2.30. The van der Waals surface area contributed by atoms with Crippen LogP contribution >= 0.6 is 0 Å². The van der Waals surface area contributed by atoms with Crippen molar-refractivity contribution in [2.75, 3.05) is 13.2 Å². The highest BCUT2D eigenvalue weighted by atomic mass is 16.5. The summed E-state index contributed by atoms with van der Waals surface area (Å²) in [6.07, 6.45) is 3.53. The molecule has 3 atom stereocenters. The average molecular weight is 333 g/mol. The fourth-order valence-electron chi connectivity index (χ4n) is 3.16. The molecule has 0 radical (unpaired) electrons. The van der Waals surface area contributed by atoms with Gasteiger partial charge in [0.2, 0.25) is 5.91 Å². The van der Waals surface area contributed by atoms with Gasteiger partial charge in [0.1, 0.15) is 0 Å². The number of carboxylic acid groups (broad SMARTS) is 1. The van der Waals surface area contributed by atoms with E-state index in [1.54, 1.807) is 0 Å². The van der Waals surface area contributed by atoms with Crippen LogP contribution in [0.2, 0.25) is 0 Å². The van der Waals surface area contributed by atoms with Crippen molar-refractivity contribution in [1.29, 1.82) is 0 Å². The molecule has 5 nitrogen and oxygen atoms in total. The number of hydrogen-bond donors (Lipinski definition) is 2. The molecule has 1 amide bonds. The molecule has 1 aliphatic carbocycles. The van der Waals surface area contributed by atoms with Crippen molar-refractivity contribution in [3.05, 3.63) is 35.9 Å². The Balaban J connectivity index is 1.62. The summed E-state index contributed by atoms with van der Waals surface area (Å²) in [5.74, 6) is -1.33. The highest BCUT2D eigenvalue weighted by molar-refractivity contribution is 5.80. The first kappa shape index (κ1) is 18.5. The maximum absolute atomic E-state index is 12.1. The van der Waals surface area contributed by atoms with Crippen molar-refractivity contribution < 1.29 is 19.4 Å². The number of carboxylic acids is 1. The van der Waals surface area contributed by atoms with Crippen LogP contribution in [0.3, 0.4) is 0 Å². The van der Waals surface area contributed by atoms with E-state index in [1.165, 1.54) is 0 Å². The van der Waals surface area contributed by atoms with Gasteiger partial charge in [-0.2, -0.15) is 0 Å². The van der Waals surface area contributed by atoms with Gasteiger partial charge in [-0.15, -0.1) is 0 Å². The van der Waals surface area contributed by atoms with E-state index in [-0.39, 0.29) is 23.8 Å². The molecule has 1 aliphatic rings. The fourth-order valence-corrected chi connectivity index (χ4v) is 3.16. The molecular weight excluding hydrogens is 306 g/mol. The van der Waals surface area contributed by atoms with E-state index in [0.29, 0.717) is 26.0 Å². The number of rotatable bonds is 8. The van der Waals surface area contributed by atoms with E-state index in [9.17, 15) is 9.59 Å². The Morgan fingerprint density at radius 1 is 1.25 bits per heavy atom. The molecule has 1 aromatic carbocycles. The maximum Gasteiger partial charge on any atom is 0.306 e. The summed E-state index contributed by atoms with van der Waals surface area (Å²) in [5, 5.41) is 12.0. The van der Waals surface area contributed by atoms with Crippen LogP contribution in [0.4, 0.5) is 0 Å². The van der Waals surface area contributed by atoms with Gasteiger partial charge < -0.3 is 15.2 Å². The molecule has 0 heterocycles. The maximum atomic E-state index is 12.1. The number of aliphatic carboxylic acids is 1. The molecule has 2 rings (SSSR count). The van der Waals surface area contributed by atoms with Gasteiger partial charge in [-0.1, -0.05) is 36.8 Å². The van der Waals surface area contributed by atoms with E-state index in [0.717, 1.165) is 24.8 Å². The monoisotopic (exact) mass is 333 g/mol. The van der Waals surface area contributed by atoms with Crippen LogP contribution in [0, 0.1) is 11.8 Å². The number of hydrogen-bond acceptors (Lipinski definition) is 3. The number of ether oxygens (including phenoxy) is 1. The zero-order valence-electron chi connectivity index (χ0n) is 14.2. The van der Waals surface area contributed by atoms with Gasteiger partial charge in [0.25, 0.3) is 0 Å². The summed E-state index contributed by atoms with van der Waals surface area (Å²) >= 11 is 0. The SMILES string of the molecule is CC(OCCCNC(=O)C1CCCC(C(=O)O)C1)c1ccccc1. The molecule has 24 heavy (non-hydrogen) atoms. The van der Waals surface area contributed by atoms with E-state index in [1.807, 2.05) is 37.3 Å². The number of amides is 1. The van der Waals surface area contributed by atoms with Gasteiger partial charge >= 0.3 is 5.97 Å². The number of nitrogens with one attached hydrogen (secondary N) is 1. The zero-order valence-corrected chi connectivity index (χ0v) is 14.2. The van der Waals surface area contributed by atoms with Gasteiger partial charge in [-0.25, -0.2) is 0 Å². The first-order valence-corrected chi connectivity index (χ1v) is 8.75. The van der Waals surface area contributed by atoms with E-state index in [4.69, 9.17) is 9.84 Å².